The summed E-state index contributed by atoms with van der Waals surface area (Å²) in [7, 11) is 0. The number of likely N-dealkylation sites (N-methyl/N-ethyl adjacent to an activating group) is 1. The van der Waals surface area contributed by atoms with Crippen LogP contribution in [-0.4, -0.2) is 48.4 Å². The molecule has 0 aliphatic carbocycles. The second kappa shape index (κ2) is 5.44. The monoisotopic (exact) mass is 254 g/mol. The van der Waals surface area contributed by atoms with Crippen molar-refractivity contribution in [2.24, 2.45) is 0 Å². The molecule has 0 unspecified atom stereocenters. The summed E-state index contributed by atoms with van der Waals surface area (Å²) < 4.78 is 27.0. The fraction of sp³-hybridized carbons (Fsp3) is 0.462. The second-order valence-electron chi connectivity index (χ2n) is 4.32. The first-order valence-electron chi connectivity index (χ1n) is 6.09. The topological polar surface area (TPSA) is 23.6 Å². The number of benzene rings is 1. The molecule has 1 heterocycles. The zero-order valence-electron chi connectivity index (χ0n) is 10.3. The Labute approximate surface area is 105 Å². The van der Waals surface area contributed by atoms with Gasteiger partial charge in [-0.15, -0.1) is 0 Å². The third-order valence-corrected chi connectivity index (χ3v) is 3.28. The molecular weight excluding hydrogens is 238 g/mol. The van der Waals surface area contributed by atoms with Crippen molar-refractivity contribution >= 4 is 5.91 Å². The van der Waals surface area contributed by atoms with Gasteiger partial charge in [0.2, 0.25) is 0 Å². The van der Waals surface area contributed by atoms with Crippen molar-refractivity contribution in [1.82, 2.24) is 9.80 Å². The molecule has 1 amide bonds. The van der Waals surface area contributed by atoms with Crippen LogP contribution in [-0.2, 0) is 0 Å². The Morgan fingerprint density at radius 2 is 1.72 bits per heavy atom. The summed E-state index contributed by atoms with van der Waals surface area (Å²) >= 11 is 0. The number of halogens is 2. The molecule has 1 fully saturated rings. The molecule has 1 aliphatic rings. The van der Waals surface area contributed by atoms with Crippen LogP contribution in [0.15, 0.2) is 18.2 Å². The lowest BCUT2D eigenvalue weighted by atomic mass is 10.1. The molecule has 1 aromatic carbocycles. The number of piperazine rings is 1. The number of hydrogen-bond acceptors (Lipinski definition) is 2. The molecule has 2 rings (SSSR count). The molecule has 0 radical (unpaired) electrons. The van der Waals surface area contributed by atoms with E-state index in [2.05, 4.69) is 4.90 Å². The third-order valence-electron chi connectivity index (χ3n) is 3.28. The van der Waals surface area contributed by atoms with Gasteiger partial charge in [0.1, 0.15) is 17.2 Å². The summed E-state index contributed by atoms with van der Waals surface area (Å²) in [6.45, 7) is 5.50. The zero-order valence-corrected chi connectivity index (χ0v) is 10.3. The molecule has 0 aromatic heterocycles. The van der Waals surface area contributed by atoms with Gasteiger partial charge in [0, 0.05) is 26.2 Å². The SMILES string of the molecule is CCN1CCN(C(=O)c2c(F)cccc2F)CC1. The van der Waals surface area contributed by atoms with Crippen molar-refractivity contribution in [2.45, 2.75) is 6.92 Å². The van der Waals surface area contributed by atoms with Crippen LogP contribution >= 0.6 is 0 Å². The first-order chi connectivity index (χ1) is 8.63. The highest BCUT2D eigenvalue weighted by molar-refractivity contribution is 5.94. The van der Waals surface area contributed by atoms with Gasteiger partial charge in [-0.25, -0.2) is 8.78 Å². The van der Waals surface area contributed by atoms with E-state index in [1.54, 1.807) is 0 Å². The predicted octanol–water partition coefficient (Wildman–Crippen LogP) is 1.74. The molecule has 0 atom stereocenters. The van der Waals surface area contributed by atoms with Gasteiger partial charge in [-0.3, -0.25) is 4.79 Å². The average molecular weight is 254 g/mol. The summed E-state index contributed by atoms with van der Waals surface area (Å²) in [5.74, 6) is -2.14. The number of hydrogen-bond donors (Lipinski definition) is 0. The van der Waals surface area contributed by atoms with Gasteiger partial charge in [0.25, 0.3) is 5.91 Å². The molecule has 0 spiro atoms. The maximum atomic E-state index is 13.5. The van der Waals surface area contributed by atoms with Gasteiger partial charge >= 0.3 is 0 Å². The average Bonchev–Trinajstić information content (AvgIpc) is 2.38. The quantitative estimate of drug-likeness (QED) is 0.802. The highest BCUT2D eigenvalue weighted by Gasteiger charge is 2.25. The largest absolute Gasteiger partial charge is 0.336 e. The Bertz CT molecular complexity index is 422. The van der Waals surface area contributed by atoms with Crippen molar-refractivity contribution in [1.29, 1.82) is 0 Å². The Hall–Kier alpha value is -1.49. The van der Waals surface area contributed by atoms with Gasteiger partial charge in [0.15, 0.2) is 0 Å². The van der Waals surface area contributed by atoms with Crippen LogP contribution in [0.25, 0.3) is 0 Å². The Morgan fingerprint density at radius 1 is 1.17 bits per heavy atom. The molecule has 18 heavy (non-hydrogen) atoms. The molecule has 3 nitrogen and oxygen atoms in total. The standard InChI is InChI=1S/C13H16F2N2O/c1-2-16-6-8-17(9-7-16)13(18)12-10(14)4-3-5-11(12)15/h3-5H,2,6-9H2,1H3. The minimum atomic E-state index is -0.794. The number of carbonyl (C=O) groups excluding carboxylic acids is 1. The highest BCUT2D eigenvalue weighted by atomic mass is 19.1. The van der Waals surface area contributed by atoms with Crippen LogP contribution in [0.1, 0.15) is 17.3 Å². The summed E-state index contributed by atoms with van der Waals surface area (Å²) in [6.07, 6.45) is 0. The van der Waals surface area contributed by atoms with Crippen LogP contribution in [0.4, 0.5) is 8.78 Å². The van der Waals surface area contributed by atoms with Gasteiger partial charge in [-0.2, -0.15) is 0 Å². The van der Waals surface area contributed by atoms with Crippen LogP contribution in [0.5, 0.6) is 0 Å². The molecule has 1 saturated heterocycles. The molecule has 98 valence electrons. The van der Waals surface area contributed by atoms with Crippen molar-refractivity contribution in [2.75, 3.05) is 32.7 Å². The number of nitrogens with zero attached hydrogens (tertiary/aromatic N) is 2. The number of carbonyl (C=O) groups is 1. The third kappa shape index (κ3) is 2.51. The van der Waals surface area contributed by atoms with E-state index < -0.39 is 23.1 Å². The molecule has 5 heteroatoms. The van der Waals surface area contributed by atoms with E-state index >= 15 is 0 Å². The van der Waals surface area contributed by atoms with Gasteiger partial charge < -0.3 is 9.80 Å². The van der Waals surface area contributed by atoms with Gasteiger partial charge in [-0.05, 0) is 18.7 Å². The lowest BCUT2D eigenvalue weighted by molar-refractivity contribution is 0.0634. The molecule has 0 saturated carbocycles. The number of amides is 1. The fourth-order valence-corrected chi connectivity index (χ4v) is 2.13. The maximum absolute atomic E-state index is 13.5. The van der Waals surface area contributed by atoms with E-state index in [1.165, 1.54) is 11.0 Å². The van der Waals surface area contributed by atoms with E-state index in [1.807, 2.05) is 6.92 Å². The van der Waals surface area contributed by atoms with E-state index in [0.717, 1.165) is 31.8 Å². The molecular formula is C13H16F2N2O. The van der Waals surface area contributed by atoms with Gasteiger partial charge in [-0.1, -0.05) is 13.0 Å². The first kappa shape index (κ1) is 13.0. The summed E-state index contributed by atoms with van der Waals surface area (Å²) in [5, 5.41) is 0. The van der Waals surface area contributed by atoms with Crippen LogP contribution in [0, 0.1) is 11.6 Å². The lowest BCUT2D eigenvalue weighted by Gasteiger charge is -2.34. The normalized spacial score (nSPS) is 16.9. The fourth-order valence-electron chi connectivity index (χ4n) is 2.13. The predicted molar refractivity (Wildman–Crippen MR) is 64.4 cm³/mol. The van der Waals surface area contributed by atoms with E-state index in [0.29, 0.717) is 13.1 Å². The smallest absolute Gasteiger partial charge is 0.259 e. The van der Waals surface area contributed by atoms with Crippen molar-refractivity contribution < 1.29 is 13.6 Å². The lowest BCUT2D eigenvalue weighted by Crippen LogP contribution is -2.48. The van der Waals surface area contributed by atoms with Crippen LogP contribution < -0.4 is 0 Å². The minimum Gasteiger partial charge on any atom is -0.336 e. The van der Waals surface area contributed by atoms with Crippen molar-refractivity contribution in [3.05, 3.63) is 35.4 Å². The van der Waals surface area contributed by atoms with Crippen molar-refractivity contribution in [3.8, 4) is 0 Å². The van der Waals surface area contributed by atoms with Crippen LogP contribution in [0.3, 0.4) is 0 Å². The maximum Gasteiger partial charge on any atom is 0.259 e. The first-order valence-corrected chi connectivity index (χ1v) is 6.09. The second-order valence-corrected chi connectivity index (χ2v) is 4.32. The van der Waals surface area contributed by atoms with E-state index in [9.17, 15) is 13.6 Å². The van der Waals surface area contributed by atoms with E-state index in [-0.39, 0.29) is 0 Å². The zero-order chi connectivity index (χ0) is 13.1. The summed E-state index contributed by atoms with van der Waals surface area (Å²) in [6, 6.07) is 3.48. The molecule has 1 aromatic rings. The van der Waals surface area contributed by atoms with Crippen molar-refractivity contribution in [3.63, 3.8) is 0 Å². The number of rotatable bonds is 2. The molecule has 1 aliphatic heterocycles. The summed E-state index contributed by atoms with van der Waals surface area (Å²) in [5.41, 5.74) is -0.442. The summed E-state index contributed by atoms with van der Waals surface area (Å²) in [4.78, 5) is 15.8. The van der Waals surface area contributed by atoms with Gasteiger partial charge in [0.05, 0.1) is 0 Å². The Balaban J connectivity index is 2.13. The van der Waals surface area contributed by atoms with E-state index in [4.69, 9.17) is 0 Å². The molecule has 0 bridgehead atoms. The highest BCUT2D eigenvalue weighted by Crippen LogP contribution is 2.16. The minimum absolute atomic E-state index is 0.442. The van der Waals surface area contributed by atoms with Crippen LogP contribution in [0.2, 0.25) is 0 Å². The molecule has 0 N–H and O–H groups in total. The Morgan fingerprint density at radius 3 is 2.22 bits per heavy atom. The Kier molecular flexibility index (Phi) is 3.91.